The second-order valence-electron chi connectivity index (χ2n) is 4.44. The summed E-state index contributed by atoms with van der Waals surface area (Å²) in [5, 5.41) is 2.89. The van der Waals surface area contributed by atoms with E-state index in [0.717, 1.165) is 4.90 Å². The van der Waals surface area contributed by atoms with Crippen molar-refractivity contribution < 1.29 is 4.79 Å². The lowest BCUT2D eigenvalue weighted by molar-refractivity contribution is 0.0950. The van der Waals surface area contributed by atoms with E-state index in [9.17, 15) is 4.79 Å². The maximum Gasteiger partial charge on any atom is 0.251 e. The first kappa shape index (κ1) is 12.5. The third-order valence-electron chi connectivity index (χ3n) is 3.08. The molecular formula is C13H18N2OS. The highest BCUT2D eigenvalue weighted by molar-refractivity contribution is 7.98. The summed E-state index contributed by atoms with van der Waals surface area (Å²) >= 11 is 1.67. The van der Waals surface area contributed by atoms with E-state index >= 15 is 0 Å². The Morgan fingerprint density at radius 3 is 2.65 bits per heavy atom. The van der Waals surface area contributed by atoms with Crippen molar-refractivity contribution in [3.8, 4) is 0 Å². The largest absolute Gasteiger partial charge is 0.350 e. The van der Waals surface area contributed by atoms with Gasteiger partial charge in [-0.15, -0.1) is 11.8 Å². The molecule has 0 heterocycles. The number of benzene rings is 1. The molecule has 0 aliphatic heterocycles. The van der Waals surface area contributed by atoms with E-state index in [1.165, 1.54) is 12.8 Å². The quantitative estimate of drug-likeness (QED) is 0.784. The number of hydrogen-bond acceptors (Lipinski definition) is 3. The minimum atomic E-state index is -0.0336. The van der Waals surface area contributed by atoms with Crippen LogP contribution in [0.4, 0.5) is 0 Å². The van der Waals surface area contributed by atoms with Crippen LogP contribution in [0.15, 0.2) is 29.2 Å². The number of thioether (sulfide) groups is 1. The highest BCUT2D eigenvalue weighted by Crippen LogP contribution is 2.31. The molecule has 0 saturated heterocycles. The molecule has 1 amide bonds. The van der Waals surface area contributed by atoms with Gasteiger partial charge >= 0.3 is 0 Å². The molecule has 4 heteroatoms. The fourth-order valence-corrected chi connectivity index (χ4v) is 2.15. The third-order valence-corrected chi connectivity index (χ3v) is 3.82. The van der Waals surface area contributed by atoms with Crippen molar-refractivity contribution in [3.05, 3.63) is 29.8 Å². The van der Waals surface area contributed by atoms with Crippen molar-refractivity contribution in [1.29, 1.82) is 0 Å². The second-order valence-corrected chi connectivity index (χ2v) is 5.32. The molecule has 1 unspecified atom stereocenters. The van der Waals surface area contributed by atoms with Gasteiger partial charge in [-0.3, -0.25) is 4.79 Å². The Labute approximate surface area is 106 Å². The van der Waals surface area contributed by atoms with E-state index in [0.29, 0.717) is 18.0 Å². The first-order valence-electron chi connectivity index (χ1n) is 5.88. The van der Waals surface area contributed by atoms with Gasteiger partial charge in [-0.25, -0.2) is 0 Å². The molecule has 1 saturated carbocycles. The van der Waals surface area contributed by atoms with Crippen LogP contribution in [0, 0.1) is 5.92 Å². The van der Waals surface area contributed by atoms with Crippen LogP contribution in [0.1, 0.15) is 23.2 Å². The number of hydrogen-bond donors (Lipinski definition) is 2. The van der Waals surface area contributed by atoms with E-state index in [-0.39, 0.29) is 11.9 Å². The van der Waals surface area contributed by atoms with Crippen LogP contribution in [0.3, 0.4) is 0 Å². The Hall–Kier alpha value is -1.00. The molecule has 1 fully saturated rings. The maximum atomic E-state index is 11.8. The van der Waals surface area contributed by atoms with Crippen LogP contribution >= 0.6 is 11.8 Å². The van der Waals surface area contributed by atoms with E-state index < -0.39 is 0 Å². The van der Waals surface area contributed by atoms with Gasteiger partial charge < -0.3 is 11.1 Å². The molecule has 2 rings (SSSR count). The molecular weight excluding hydrogens is 232 g/mol. The molecule has 1 atom stereocenters. The zero-order valence-corrected chi connectivity index (χ0v) is 10.8. The SMILES string of the molecule is CSc1ccc(C(=O)NCC(N)C2CC2)cc1. The highest BCUT2D eigenvalue weighted by Gasteiger charge is 2.28. The highest BCUT2D eigenvalue weighted by atomic mass is 32.2. The Kier molecular flexibility index (Phi) is 4.07. The summed E-state index contributed by atoms with van der Waals surface area (Å²) in [6, 6.07) is 7.73. The lowest BCUT2D eigenvalue weighted by atomic mass is 10.2. The fourth-order valence-electron chi connectivity index (χ4n) is 1.75. The van der Waals surface area contributed by atoms with E-state index in [4.69, 9.17) is 5.73 Å². The zero-order valence-electron chi connectivity index (χ0n) is 9.98. The number of nitrogens with one attached hydrogen (secondary N) is 1. The van der Waals surface area contributed by atoms with Crippen molar-refractivity contribution >= 4 is 17.7 Å². The van der Waals surface area contributed by atoms with Gasteiger partial charge in [0, 0.05) is 23.0 Å². The molecule has 1 aliphatic carbocycles. The van der Waals surface area contributed by atoms with Gasteiger partial charge in [0.2, 0.25) is 0 Å². The van der Waals surface area contributed by atoms with Crippen LogP contribution in [-0.2, 0) is 0 Å². The first-order chi connectivity index (χ1) is 8.20. The van der Waals surface area contributed by atoms with Crippen LogP contribution in [0.5, 0.6) is 0 Å². The molecule has 0 radical (unpaired) electrons. The molecule has 1 aromatic carbocycles. The second kappa shape index (κ2) is 5.56. The monoisotopic (exact) mass is 250 g/mol. The van der Waals surface area contributed by atoms with Crippen molar-refractivity contribution in [2.75, 3.05) is 12.8 Å². The summed E-state index contributed by atoms with van der Waals surface area (Å²) in [7, 11) is 0. The minimum absolute atomic E-state index is 0.0336. The fraction of sp³-hybridized carbons (Fsp3) is 0.462. The van der Waals surface area contributed by atoms with Gasteiger partial charge in [-0.05, 0) is 49.3 Å². The summed E-state index contributed by atoms with van der Waals surface area (Å²) in [5.74, 6) is 0.586. The van der Waals surface area contributed by atoms with Gasteiger partial charge in [0.1, 0.15) is 0 Å². The number of carbonyl (C=O) groups is 1. The van der Waals surface area contributed by atoms with Gasteiger partial charge in [-0.2, -0.15) is 0 Å². The lowest BCUT2D eigenvalue weighted by Crippen LogP contribution is -2.38. The Bertz CT molecular complexity index is 387. The molecule has 1 aromatic rings. The van der Waals surface area contributed by atoms with Gasteiger partial charge in [-0.1, -0.05) is 0 Å². The molecule has 0 aromatic heterocycles. The third kappa shape index (κ3) is 3.48. The summed E-state index contributed by atoms with van der Waals surface area (Å²) in [4.78, 5) is 13.0. The van der Waals surface area contributed by atoms with Crippen LogP contribution in [0.2, 0.25) is 0 Å². The Morgan fingerprint density at radius 1 is 1.47 bits per heavy atom. The van der Waals surface area contributed by atoms with Crippen molar-refractivity contribution in [2.24, 2.45) is 11.7 Å². The van der Waals surface area contributed by atoms with Crippen molar-refractivity contribution in [3.63, 3.8) is 0 Å². The Morgan fingerprint density at radius 2 is 2.12 bits per heavy atom. The van der Waals surface area contributed by atoms with Gasteiger partial charge in [0.15, 0.2) is 0 Å². The standard InChI is InChI=1S/C13H18N2OS/c1-17-11-6-4-10(5-7-11)13(16)15-8-12(14)9-2-3-9/h4-7,9,12H,2-3,8,14H2,1H3,(H,15,16). The molecule has 17 heavy (non-hydrogen) atoms. The molecule has 1 aliphatic rings. The van der Waals surface area contributed by atoms with E-state index in [1.807, 2.05) is 30.5 Å². The first-order valence-corrected chi connectivity index (χ1v) is 7.11. The van der Waals surface area contributed by atoms with Crippen LogP contribution < -0.4 is 11.1 Å². The summed E-state index contributed by atoms with van der Waals surface area (Å²) in [6.45, 7) is 0.577. The summed E-state index contributed by atoms with van der Waals surface area (Å²) < 4.78 is 0. The van der Waals surface area contributed by atoms with E-state index in [1.54, 1.807) is 11.8 Å². The van der Waals surface area contributed by atoms with Crippen LogP contribution in [0.25, 0.3) is 0 Å². The van der Waals surface area contributed by atoms with Gasteiger partial charge in [0.05, 0.1) is 0 Å². The topological polar surface area (TPSA) is 55.1 Å². The molecule has 0 spiro atoms. The van der Waals surface area contributed by atoms with Crippen LogP contribution in [-0.4, -0.2) is 24.7 Å². The minimum Gasteiger partial charge on any atom is -0.350 e. The normalized spacial score (nSPS) is 16.6. The number of carbonyl (C=O) groups excluding carboxylic acids is 1. The maximum absolute atomic E-state index is 11.8. The smallest absolute Gasteiger partial charge is 0.251 e. The lowest BCUT2D eigenvalue weighted by Gasteiger charge is -2.11. The predicted molar refractivity (Wildman–Crippen MR) is 71.3 cm³/mol. The number of amides is 1. The zero-order chi connectivity index (χ0) is 12.3. The average Bonchev–Trinajstić information content (AvgIpc) is 3.20. The van der Waals surface area contributed by atoms with Crippen molar-refractivity contribution in [2.45, 2.75) is 23.8 Å². The van der Waals surface area contributed by atoms with E-state index in [2.05, 4.69) is 5.32 Å². The predicted octanol–water partition coefficient (Wildman–Crippen LogP) is 1.88. The molecule has 3 N–H and O–H groups in total. The number of rotatable bonds is 5. The molecule has 3 nitrogen and oxygen atoms in total. The van der Waals surface area contributed by atoms with Crippen molar-refractivity contribution in [1.82, 2.24) is 5.32 Å². The Balaban J connectivity index is 1.85. The summed E-state index contributed by atoms with van der Waals surface area (Å²) in [5.41, 5.74) is 6.63. The number of nitrogens with two attached hydrogens (primary N) is 1. The van der Waals surface area contributed by atoms with Gasteiger partial charge in [0.25, 0.3) is 5.91 Å². The molecule has 92 valence electrons. The average molecular weight is 250 g/mol. The molecule has 0 bridgehead atoms. The summed E-state index contributed by atoms with van der Waals surface area (Å²) in [6.07, 6.45) is 4.43.